The molecule has 198 valence electrons. The van der Waals surface area contributed by atoms with Gasteiger partial charge in [0.2, 0.25) is 15.9 Å². The highest BCUT2D eigenvalue weighted by Crippen LogP contribution is 2.33. The van der Waals surface area contributed by atoms with Crippen LogP contribution in [-0.4, -0.2) is 25.6 Å². The van der Waals surface area contributed by atoms with E-state index < -0.39 is 52.5 Å². The molecule has 0 aliphatic carbocycles. The first kappa shape index (κ1) is 28.3. The molecular weight excluding hydrogens is 548 g/mol. The molecule has 6 nitrogen and oxygen atoms in total. The number of halogens is 7. The fourth-order valence-corrected chi connectivity index (χ4v) is 4.30. The number of pyridine rings is 1. The van der Waals surface area contributed by atoms with Crippen molar-refractivity contribution in [3.63, 3.8) is 0 Å². The second-order valence-corrected chi connectivity index (χ2v) is 10.2. The van der Waals surface area contributed by atoms with Gasteiger partial charge in [-0.3, -0.25) is 9.10 Å². The highest BCUT2D eigenvalue weighted by molar-refractivity contribution is 7.92. The number of alkyl halides is 6. The molecule has 1 heterocycles. The van der Waals surface area contributed by atoms with Gasteiger partial charge in [0, 0.05) is 10.7 Å². The lowest BCUT2D eigenvalue weighted by atomic mass is 10.1. The highest BCUT2D eigenvalue weighted by atomic mass is 35.5. The first-order chi connectivity index (χ1) is 17.0. The van der Waals surface area contributed by atoms with Crippen LogP contribution >= 0.6 is 11.6 Å². The molecule has 14 heteroatoms. The number of nitrogens with zero attached hydrogens (tertiary/aromatic N) is 2. The molecule has 0 fully saturated rings. The summed E-state index contributed by atoms with van der Waals surface area (Å²) in [5.41, 5.74) is -2.03. The SMILES string of the molecule is CS(=O)(=O)N(Cc1cc(C(F)(F)F)ccc1Cl)c1ccc(NC(=O)Cc2cccc(C(F)(F)F)n2)cc1. The van der Waals surface area contributed by atoms with Crippen molar-refractivity contribution in [2.24, 2.45) is 0 Å². The number of hydrogen-bond acceptors (Lipinski definition) is 4. The van der Waals surface area contributed by atoms with Crippen molar-refractivity contribution < 1.29 is 39.6 Å². The van der Waals surface area contributed by atoms with Crippen LogP contribution in [-0.2, 0) is 40.1 Å². The topological polar surface area (TPSA) is 79.4 Å². The van der Waals surface area contributed by atoms with Crippen LogP contribution < -0.4 is 9.62 Å². The van der Waals surface area contributed by atoms with Crippen molar-refractivity contribution in [2.75, 3.05) is 15.9 Å². The predicted molar refractivity (Wildman–Crippen MR) is 125 cm³/mol. The molecule has 1 aromatic heterocycles. The van der Waals surface area contributed by atoms with Crippen LogP contribution in [0.3, 0.4) is 0 Å². The third-order valence-corrected chi connectivity index (χ3v) is 6.47. The molecule has 0 saturated heterocycles. The number of carbonyl (C=O) groups is 1. The summed E-state index contributed by atoms with van der Waals surface area (Å²) in [6.07, 6.45) is -8.90. The second-order valence-electron chi connectivity index (χ2n) is 7.86. The van der Waals surface area contributed by atoms with Crippen LogP contribution in [0.5, 0.6) is 0 Å². The summed E-state index contributed by atoms with van der Waals surface area (Å²) in [5, 5.41) is 2.40. The summed E-state index contributed by atoms with van der Waals surface area (Å²) in [7, 11) is -3.97. The molecule has 0 aliphatic rings. The normalized spacial score (nSPS) is 12.3. The second kappa shape index (κ2) is 10.6. The molecule has 1 N–H and O–H groups in total. The van der Waals surface area contributed by atoms with Gasteiger partial charge in [-0.25, -0.2) is 13.4 Å². The zero-order valence-electron chi connectivity index (χ0n) is 18.9. The summed E-state index contributed by atoms with van der Waals surface area (Å²) in [6.45, 7) is -0.492. The number of nitrogens with one attached hydrogen (secondary N) is 1. The number of hydrogen-bond donors (Lipinski definition) is 1. The Morgan fingerprint density at radius 2 is 1.62 bits per heavy atom. The summed E-state index contributed by atoms with van der Waals surface area (Å²) in [6, 6.07) is 11.0. The quantitative estimate of drug-likeness (QED) is 0.361. The fraction of sp³-hybridized carbons (Fsp3) is 0.217. The fourth-order valence-electron chi connectivity index (χ4n) is 3.24. The number of carbonyl (C=O) groups excluding carboxylic acids is 1. The van der Waals surface area contributed by atoms with Crippen molar-refractivity contribution in [1.29, 1.82) is 0 Å². The number of anilines is 2. The molecular formula is C23H18ClF6N3O3S. The lowest BCUT2D eigenvalue weighted by molar-refractivity contribution is -0.141. The molecule has 2 aromatic carbocycles. The van der Waals surface area contributed by atoms with E-state index in [1.807, 2.05) is 0 Å². The van der Waals surface area contributed by atoms with Crippen LogP contribution in [0.1, 0.15) is 22.5 Å². The molecule has 1 amide bonds. The number of rotatable bonds is 7. The van der Waals surface area contributed by atoms with Gasteiger partial charge in [0.05, 0.1) is 36.2 Å². The van der Waals surface area contributed by atoms with Gasteiger partial charge < -0.3 is 5.32 Å². The summed E-state index contributed by atoms with van der Waals surface area (Å²) in [5.74, 6) is -0.671. The molecule has 3 rings (SSSR count). The Kier molecular flexibility index (Phi) is 8.08. The minimum atomic E-state index is -4.66. The summed E-state index contributed by atoms with van der Waals surface area (Å²) >= 11 is 6.01. The Labute approximate surface area is 212 Å². The third-order valence-electron chi connectivity index (χ3n) is 4.97. The number of sulfonamides is 1. The van der Waals surface area contributed by atoms with E-state index in [9.17, 15) is 39.6 Å². The maximum Gasteiger partial charge on any atom is 0.433 e. The van der Waals surface area contributed by atoms with E-state index in [2.05, 4.69) is 10.3 Å². The van der Waals surface area contributed by atoms with Gasteiger partial charge in [-0.15, -0.1) is 0 Å². The smallest absolute Gasteiger partial charge is 0.326 e. The zero-order valence-corrected chi connectivity index (χ0v) is 20.4. The minimum Gasteiger partial charge on any atom is -0.326 e. The molecule has 0 saturated carbocycles. The van der Waals surface area contributed by atoms with Crippen LogP contribution in [0.4, 0.5) is 37.7 Å². The number of aromatic nitrogens is 1. The van der Waals surface area contributed by atoms with Gasteiger partial charge in [0.1, 0.15) is 5.69 Å². The molecule has 0 spiro atoms. The van der Waals surface area contributed by atoms with E-state index >= 15 is 0 Å². The highest BCUT2D eigenvalue weighted by Gasteiger charge is 2.33. The molecule has 0 bridgehead atoms. The molecule has 37 heavy (non-hydrogen) atoms. The van der Waals surface area contributed by atoms with Gasteiger partial charge in [-0.2, -0.15) is 26.3 Å². The van der Waals surface area contributed by atoms with Gasteiger partial charge in [-0.05, 0) is 60.2 Å². The van der Waals surface area contributed by atoms with Gasteiger partial charge in [0.25, 0.3) is 0 Å². The van der Waals surface area contributed by atoms with Crippen LogP contribution in [0, 0.1) is 0 Å². The van der Waals surface area contributed by atoms with Gasteiger partial charge in [-0.1, -0.05) is 17.7 Å². The largest absolute Gasteiger partial charge is 0.433 e. The van der Waals surface area contributed by atoms with E-state index in [0.29, 0.717) is 0 Å². The average molecular weight is 566 g/mol. The van der Waals surface area contributed by atoms with Crippen molar-refractivity contribution in [1.82, 2.24) is 4.98 Å². The van der Waals surface area contributed by atoms with Crippen LogP contribution in [0.2, 0.25) is 5.02 Å². The zero-order chi connectivity index (χ0) is 27.6. The van der Waals surface area contributed by atoms with Crippen molar-refractivity contribution >= 4 is 38.9 Å². The van der Waals surface area contributed by atoms with Gasteiger partial charge >= 0.3 is 12.4 Å². The molecule has 0 aliphatic heterocycles. The van der Waals surface area contributed by atoms with Crippen LogP contribution in [0.15, 0.2) is 60.7 Å². The Morgan fingerprint density at radius 1 is 0.973 bits per heavy atom. The van der Waals surface area contributed by atoms with Crippen LogP contribution in [0.25, 0.3) is 0 Å². The number of benzene rings is 2. The molecule has 3 aromatic rings. The summed E-state index contributed by atoms with van der Waals surface area (Å²) < 4.78 is 103. The van der Waals surface area contributed by atoms with E-state index in [4.69, 9.17) is 11.6 Å². The Morgan fingerprint density at radius 3 is 2.19 bits per heavy atom. The van der Waals surface area contributed by atoms with E-state index in [1.54, 1.807) is 0 Å². The lowest BCUT2D eigenvalue weighted by Crippen LogP contribution is -2.29. The first-order valence-electron chi connectivity index (χ1n) is 10.3. The maximum atomic E-state index is 13.1. The van der Waals surface area contributed by atoms with Crippen molar-refractivity contribution in [3.8, 4) is 0 Å². The Bertz CT molecular complexity index is 1390. The van der Waals surface area contributed by atoms with Crippen molar-refractivity contribution in [3.05, 3.63) is 88.2 Å². The molecule has 0 radical (unpaired) electrons. The molecule has 0 unspecified atom stereocenters. The van der Waals surface area contributed by atoms with Gasteiger partial charge in [0.15, 0.2) is 0 Å². The Hall–Kier alpha value is -3.32. The Balaban J connectivity index is 1.77. The third kappa shape index (κ3) is 7.59. The minimum absolute atomic E-state index is 0.0614. The summed E-state index contributed by atoms with van der Waals surface area (Å²) in [4.78, 5) is 15.7. The monoisotopic (exact) mass is 565 g/mol. The van der Waals surface area contributed by atoms with E-state index in [0.717, 1.165) is 40.9 Å². The predicted octanol–water partition coefficient (Wildman–Crippen LogP) is 5.92. The van der Waals surface area contributed by atoms with Crippen molar-refractivity contribution in [2.45, 2.75) is 25.3 Å². The number of amides is 1. The molecule has 0 atom stereocenters. The standard InChI is InChI=1S/C23H18ClF6N3O3S/c1-37(35,36)33(13-14-11-15(22(25,26)27)5-10-19(14)24)18-8-6-16(7-9-18)32-21(34)12-17-3-2-4-20(31-17)23(28,29)30/h2-11H,12-13H2,1H3,(H,32,34). The average Bonchev–Trinajstić information content (AvgIpc) is 2.77. The maximum absolute atomic E-state index is 13.1. The lowest BCUT2D eigenvalue weighted by Gasteiger charge is -2.24. The van der Waals surface area contributed by atoms with E-state index in [1.165, 1.54) is 30.3 Å². The first-order valence-corrected chi connectivity index (χ1v) is 12.5. The van der Waals surface area contributed by atoms with E-state index in [-0.39, 0.29) is 27.7 Å².